The van der Waals surface area contributed by atoms with Crippen molar-refractivity contribution in [1.29, 1.82) is 0 Å². The van der Waals surface area contributed by atoms with Crippen molar-refractivity contribution in [3.05, 3.63) is 29.8 Å². The van der Waals surface area contributed by atoms with Crippen LogP contribution >= 0.6 is 0 Å². The summed E-state index contributed by atoms with van der Waals surface area (Å²) in [6.45, 7) is 8.58. The van der Waals surface area contributed by atoms with Crippen LogP contribution in [0, 0.1) is 5.41 Å². The van der Waals surface area contributed by atoms with Gasteiger partial charge in [-0.1, -0.05) is 39.0 Å². The van der Waals surface area contributed by atoms with Crippen LogP contribution in [0.1, 0.15) is 39.4 Å². The van der Waals surface area contributed by atoms with E-state index in [9.17, 15) is 5.11 Å². The van der Waals surface area contributed by atoms with Crippen molar-refractivity contribution in [2.24, 2.45) is 5.41 Å². The molecule has 0 saturated carbocycles. The van der Waals surface area contributed by atoms with Crippen LogP contribution in [0.2, 0.25) is 0 Å². The number of benzene rings is 1. The van der Waals surface area contributed by atoms with Gasteiger partial charge < -0.3 is 9.84 Å². The van der Waals surface area contributed by atoms with E-state index in [0.717, 1.165) is 5.56 Å². The molecule has 82 valence electrons. The topological polar surface area (TPSA) is 32.8 Å². The first-order valence-electron chi connectivity index (χ1n) is 5.32. The first-order valence-corrected chi connectivity index (χ1v) is 5.32. The van der Waals surface area contributed by atoms with E-state index < -0.39 is 0 Å². The van der Waals surface area contributed by atoms with E-state index in [4.69, 9.17) is 4.74 Å². The Morgan fingerprint density at radius 1 is 1.27 bits per heavy atom. The quantitative estimate of drug-likeness (QED) is 0.715. The monoisotopic (exact) mass is 206 g/mol. The van der Waals surface area contributed by atoms with Crippen LogP contribution in [0.25, 0.3) is 0 Å². The molecule has 1 aromatic carbocycles. The molecule has 0 spiro atoms. The highest BCUT2D eigenvalue weighted by molar-refractivity contribution is 5.38. The number of hydrogen-bond acceptors (Lipinski definition) is 2. The third kappa shape index (κ3) is 1.53. The molecule has 2 nitrogen and oxygen atoms in total. The Balaban J connectivity index is 2.29. The Hall–Kier alpha value is -1.02. The summed E-state index contributed by atoms with van der Waals surface area (Å²) in [6, 6.07) is 7.40. The minimum atomic E-state index is -0.161. The van der Waals surface area contributed by atoms with Crippen molar-refractivity contribution in [3.8, 4) is 5.75 Å². The molecule has 1 fully saturated rings. The molecule has 0 aliphatic carbocycles. The third-order valence-corrected chi connectivity index (χ3v) is 3.51. The SMILES string of the molecule is CC(C)(C)C1(C)OC1c1ccccc1O. The molecule has 1 N–H and O–H groups in total. The first kappa shape index (κ1) is 10.5. The second-order valence-corrected chi connectivity index (χ2v) is 5.41. The largest absolute Gasteiger partial charge is 0.508 e. The van der Waals surface area contributed by atoms with Crippen LogP contribution < -0.4 is 0 Å². The average Bonchev–Trinajstić information content (AvgIpc) is 2.79. The number of phenolic OH excluding ortho intramolecular Hbond substituents is 1. The van der Waals surface area contributed by atoms with Gasteiger partial charge in [-0.05, 0) is 18.4 Å². The van der Waals surface area contributed by atoms with Gasteiger partial charge in [0.15, 0.2) is 0 Å². The van der Waals surface area contributed by atoms with Gasteiger partial charge in [-0.25, -0.2) is 0 Å². The van der Waals surface area contributed by atoms with Gasteiger partial charge in [-0.3, -0.25) is 0 Å². The van der Waals surface area contributed by atoms with Crippen molar-refractivity contribution < 1.29 is 9.84 Å². The van der Waals surface area contributed by atoms with Crippen molar-refractivity contribution in [3.63, 3.8) is 0 Å². The van der Waals surface area contributed by atoms with E-state index in [1.807, 2.05) is 18.2 Å². The normalized spacial score (nSPS) is 30.3. The third-order valence-electron chi connectivity index (χ3n) is 3.51. The summed E-state index contributed by atoms with van der Waals surface area (Å²) >= 11 is 0. The van der Waals surface area contributed by atoms with Crippen molar-refractivity contribution >= 4 is 0 Å². The lowest BCUT2D eigenvalue weighted by atomic mass is 9.78. The minimum absolute atomic E-state index is 0.0266. The van der Waals surface area contributed by atoms with E-state index >= 15 is 0 Å². The molecule has 0 bridgehead atoms. The minimum Gasteiger partial charge on any atom is -0.508 e. The van der Waals surface area contributed by atoms with Crippen LogP contribution in [0.15, 0.2) is 24.3 Å². The highest BCUT2D eigenvalue weighted by Crippen LogP contribution is 2.60. The van der Waals surface area contributed by atoms with Gasteiger partial charge in [0.25, 0.3) is 0 Å². The maximum absolute atomic E-state index is 9.74. The zero-order valence-electron chi connectivity index (χ0n) is 9.74. The zero-order chi connectivity index (χ0) is 11.3. The number of phenols is 1. The Labute approximate surface area is 90.9 Å². The molecule has 0 amide bonds. The summed E-state index contributed by atoms with van der Waals surface area (Å²) in [5.41, 5.74) is 0.820. The summed E-state index contributed by atoms with van der Waals surface area (Å²) in [6.07, 6.45) is 0.0266. The molecular weight excluding hydrogens is 188 g/mol. The lowest BCUT2D eigenvalue weighted by molar-refractivity contribution is 0.173. The molecule has 2 unspecified atom stereocenters. The molecule has 0 aromatic heterocycles. The zero-order valence-corrected chi connectivity index (χ0v) is 9.74. The fourth-order valence-corrected chi connectivity index (χ4v) is 1.85. The van der Waals surface area contributed by atoms with Crippen LogP contribution in [-0.4, -0.2) is 10.7 Å². The molecule has 2 atom stereocenters. The second-order valence-electron chi connectivity index (χ2n) is 5.41. The highest BCUT2D eigenvalue weighted by Gasteiger charge is 2.60. The number of ether oxygens (including phenoxy) is 1. The molecule has 0 radical (unpaired) electrons. The Kier molecular flexibility index (Phi) is 2.09. The molecule has 1 heterocycles. The number of epoxide rings is 1. The van der Waals surface area contributed by atoms with E-state index in [2.05, 4.69) is 27.7 Å². The summed E-state index contributed by atoms with van der Waals surface area (Å²) in [5, 5.41) is 9.74. The summed E-state index contributed by atoms with van der Waals surface area (Å²) in [5.74, 6) is 0.329. The Bertz CT molecular complexity index is 378. The molecule has 1 aliphatic rings. The van der Waals surface area contributed by atoms with E-state index in [-0.39, 0.29) is 17.1 Å². The van der Waals surface area contributed by atoms with Gasteiger partial charge in [-0.2, -0.15) is 0 Å². The van der Waals surface area contributed by atoms with Crippen molar-refractivity contribution in [2.45, 2.75) is 39.4 Å². The summed E-state index contributed by atoms with van der Waals surface area (Å²) < 4.78 is 5.78. The summed E-state index contributed by atoms with van der Waals surface area (Å²) in [7, 11) is 0. The lowest BCUT2D eigenvalue weighted by Gasteiger charge is -2.24. The Morgan fingerprint density at radius 2 is 1.87 bits per heavy atom. The maximum Gasteiger partial charge on any atom is 0.121 e. The number of para-hydroxylation sites is 1. The molecular formula is C13H18O2. The molecule has 1 aliphatic heterocycles. The van der Waals surface area contributed by atoms with Gasteiger partial charge in [0.05, 0.1) is 0 Å². The standard InChI is InChI=1S/C13H18O2/c1-12(2,3)13(4)11(15-13)9-7-5-6-8-10(9)14/h5-8,11,14H,1-4H3. The molecule has 2 rings (SSSR count). The average molecular weight is 206 g/mol. The fourth-order valence-electron chi connectivity index (χ4n) is 1.85. The van der Waals surface area contributed by atoms with Gasteiger partial charge in [0.1, 0.15) is 17.5 Å². The van der Waals surface area contributed by atoms with Crippen molar-refractivity contribution in [2.75, 3.05) is 0 Å². The number of hydrogen-bond donors (Lipinski definition) is 1. The first-order chi connectivity index (χ1) is 6.86. The Morgan fingerprint density at radius 3 is 2.33 bits per heavy atom. The van der Waals surface area contributed by atoms with Crippen LogP contribution in [0.3, 0.4) is 0 Å². The van der Waals surface area contributed by atoms with E-state index in [1.54, 1.807) is 6.07 Å². The highest BCUT2D eigenvalue weighted by atomic mass is 16.6. The summed E-state index contributed by atoms with van der Waals surface area (Å²) in [4.78, 5) is 0. The van der Waals surface area contributed by atoms with Gasteiger partial charge in [-0.15, -0.1) is 0 Å². The number of rotatable bonds is 1. The van der Waals surface area contributed by atoms with Gasteiger partial charge in [0.2, 0.25) is 0 Å². The predicted octanol–water partition coefficient (Wildman–Crippen LogP) is 3.27. The maximum atomic E-state index is 9.74. The predicted molar refractivity (Wildman–Crippen MR) is 59.8 cm³/mol. The molecule has 1 saturated heterocycles. The second kappa shape index (κ2) is 2.99. The molecule has 1 aromatic rings. The van der Waals surface area contributed by atoms with Crippen LogP contribution in [0.5, 0.6) is 5.75 Å². The smallest absolute Gasteiger partial charge is 0.121 e. The number of aromatic hydroxyl groups is 1. The molecule has 15 heavy (non-hydrogen) atoms. The van der Waals surface area contributed by atoms with Crippen LogP contribution in [-0.2, 0) is 4.74 Å². The van der Waals surface area contributed by atoms with Gasteiger partial charge >= 0.3 is 0 Å². The van der Waals surface area contributed by atoms with Crippen LogP contribution in [0.4, 0.5) is 0 Å². The lowest BCUT2D eigenvalue weighted by Crippen LogP contribution is -2.27. The van der Waals surface area contributed by atoms with Gasteiger partial charge in [0, 0.05) is 5.56 Å². The van der Waals surface area contributed by atoms with E-state index in [0.29, 0.717) is 5.75 Å². The molecule has 2 heteroatoms. The fraction of sp³-hybridized carbons (Fsp3) is 0.538. The van der Waals surface area contributed by atoms with E-state index in [1.165, 1.54) is 0 Å². The van der Waals surface area contributed by atoms with Crippen molar-refractivity contribution in [1.82, 2.24) is 0 Å².